The van der Waals surface area contributed by atoms with Crippen LogP contribution in [0.15, 0.2) is 191 Å². The van der Waals surface area contributed by atoms with E-state index < -0.39 is 6.04 Å². The zero-order chi connectivity index (χ0) is 34.3. The van der Waals surface area contributed by atoms with E-state index in [4.69, 9.17) is 14.7 Å². The van der Waals surface area contributed by atoms with E-state index in [2.05, 4.69) is 52.8 Å². The third-order valence-electron chi connectivity index (χ3n) is 9.57. The van der Waals surface area contributed by atoms with Gasteiger partial charge in [-0.2, -0.15) is 0 Å². The van der Waals surface area contributed by atoms with Crippen LogP contribution in [0.4, 0.5) is 0 Å². The Morgan fingerprint density at radius 3 is 1.48 bits per heavy atom. The summed E-state index contributed by atoms with van der Waals surface area (Å²) < 4.78 is 5.96. The zero-order valence-electron chi connectivity index (χ0n) is 28.2. The van der Waals surface area contributed by atoms with E-state index in [1.165, 1.54) is 0 Å². The molecule has 0 aliphatic carbocycles. The van der Waals surface area contributed by atoms with Gasteiger partial charge in [0.15, 0.2) is 5.76 Å². The van der Waals surface area contributed by atoms with E-state index >= 15 is 0 Å². The molecule has 1 unspecified atom stereocenters. The first kappa shape index (κ1) is 33.1. The molecule has 0 amide bonds. The number of Topliss-reactive ketones (excluding diaryl/α,β-unsaturated/α-hetero) is 1. The average molecular weight is 757 g/mol. The minimum absolute atomic E-state index is 0. The first-order valence-corrected chi connectivity index (χ1v) is 17.0. The van der Waals surface area contributed by atoms with Crippen LogP contribution < -0.4 is 16.0 Å². The van der Waals surface area contributed by atoms with Crippen LogP contribution in [0.2, 0.25) is 0 Å². The Hall–Kier alpha value is -6.10. The fourth-order valence-corrected chi connectivity index (χ4v) is 7.30. The number of benzene rings is 4. The number of aliphatic imine (C=N–C) groups is 2. The van der Waals surface area contributed by atoms with Crippen LogP contribution in [0.5, 0.6) is 0 Å². The first-order valence-electron chi connectivity index (χ1n) is 17.0. The molecule has 9 rings (SSSR count). The van der Waals surface area contributed by atoms with Crippen LogP contribution in [-0.4, -0.2) is 35.3 Å². The Bertz CT molecular complexity index is 2570. The van der Waals surface area contributed by atoms with Gasteiger partial charge in [-0.3, -0.25) is 4.79 Å². The Balaban J connectivity index is 0.00000387. The summed E-state index contributed by atoms with van der Waals surface area (Å²) in [6.45, 7) is 0. The Morgan fingerprint density at radius 1 is 0.538 bits per heavy atom. The normalized spacial score (nSPS) is 17.7. The number of allylic oxidation sites excluding steroid dienone is 5. The van der Waals surface area contributed by atoms with Gasteiger partial charge in [-0.15, -0.1) is 0 Å². The maximum absolute atomic E-state index is 14.6. The van der Waals surface area contributed by atoms with E-state index in [9.17, 15) is 4.79 Å². The summed E-state index contributed by atoms with van der Waals surface area (Å²) in [6, 6.07) is 44.1. The number of ketones is 1. The van der Waals surface area contributed by atoms with Crippen molar-refractivity contribution >= 4 is 39.5 Å². The fraction of sp³-hybridized carbons (Fsp3) is 0.0444. The Labute approximate surface area is 315 Å². The molecule has 2 N–H and O–H groups in total. The van der Waals surface area contributed by atoms with Gasteiger partial charge in [0.05, 0.1) is 35.6 Å². The van der Waals surface area contributed by atoms with Crippen LogP contribution in [0, 0.1) is 0 Å². The number of hydrogen-bond donors (Lipinski definition) is 2. The van der Waals surface area contributed by atoms with E-state index in [1.807, 2.05) is 115 Å². The molecule has 1 aromatic heterocycles. The van der Waals surface area contributed by atoms with Crippen molar-refractivity contribution in [2.75, 3.05) is 7.11 Å². The van der Waals surface area contributed by atoms with E-state index in [-0.39, 0.29) is 32.6 Å². The van der Waals surface area contributed by atoms with Gasteiger partial charge >= 0.3 is 0 Å². The molecule has 4 aliphatic heterocycles. The number of hydrogen-bond acceptors (Lipinski definition) is 5. The molecule has 4 aromatic carbocycles. The molecule has 7 heteroatoms. The van der Waals surface area contributed by atoms with Crippen LogP contribution in [0.3, 0.4) is 0 Å². The number of methoxy groups -OCH3 is 1. The summed E-state index contributed by atoms with van der Waals surface area (Å²) in [7, 11) is 1.55. The van der Waals surface area contributed by atoms with Crippen molar-refractivity contribution in [1.82, 2.24) is 10.3 Å². The van der Waals surface area contributed by atoms with Gasteiger partial charge in [-0.25, -0.2) is 9.98 Å². The smallest absolute Gasteiger partial charge is 0.226 e. The number of carbonyl (C=O) groups is 1. The molecule has 0 spiro atoms. The summed E-state index contributed by atoms with van der Waals surface area (Å²) in [4.78, 5) is 28.9. The van der Waals surface area contributed by atoms with Crippen LogP contribution >= 0.6 is 0 Å². The van der Waals surface area contributed by atoms with Crippen molar-refractivity contribution in [3.8, 4) is 0 Å². The number of aromatic amines is 1. The van der Waals surface area contributed by atoms with Gasteiger partial charge in [-0.05, 0) is 58.7 Å². The Morgan fingerprint density at radius 2 is 0.981 bits per heavy atom. The molecule has 0 saturated heterocycles. The summed E-state index contributed by atoms with van der Waals surface area (Å²) in [5, 5.41) is 5.49. The van der Waals surface area contributed by atoms with E-state index in [0.29, 0.717) is 11.4 Å². The molecule has 0 fully saturated rings. The third-order valence-corrected chi connectivity index (χ3v) is 9.57. The molecule has 0 saturated carbocycles. The molecule has 5 aromatic rings. The molecule has 250 valence electrons. The van der Waals surface area contributed by atoms with Crippen molar-refractivity contribution in [1.29, 1.82) is 0 Å². The van der Waals surface area contributed by atoms with Crippen molar-refractivity contribution in [2.45, 2.75) is 6.04 Å². The van der Waals surface area contributed by atoms with Gasteiger partial charge in [-0.1, -0.05) is 121 Å². The number of ether oxygens (including phenoxy) is 1. The molecule has 0 radical (unpaired) electrons. The van der Waals surface area contributed by atoms with Crippen molar-refractivity contribution in [3.63, 3.8) is 0 Å². The number of aromatic nitrogens is 1. The maximum atomic E-state index is 14.6. The SMILES string of the molecule is COC1=C2NC(C1=O)C(c1ccccc1)=C1C=CC(=N1)C(c1ccccc1)=c1ccc([nH]1)=C(c1ccccc1)C1=NC(=C2c2ccccc2)C=C1.[Mo]. The number of rotatable bonds is 5. The number of nitrogens with zero attached hydrogens (tertiary/aromatic N) is 2. The van der Waals surface area contributed by atoms with Gasteiger partial charge in [0.2, 0.25) is 5.78 Å². The summed E-state index contributed by atoms with van der Waals surface area (Å²) in [5.41, 5.74) is 10.9. The number of carbonyl (C=O) groups excluding carboxylic acids is 1. The van der Waals surface area contributed by atoms with Gasteiger partial charge in [0, 0.05) is 54.1 Å². The first-order chi connectivity index (χ1) is 25.2. The molecule has 5 heterocycles. The van der Waals surface area contributed by atoms with Gasteiger partial charge in [0.1, 0.15) is 6.04 Å². The van der Waals surface area contributed by atoms with Crippen LogP contribution in [-0.2, 0) is 30.6 Å². The summed E-state index contributed by atoms with van der Waals surface area (Å²) in [6.07, 6.45) is 8.12. The Kier molecular flexibility index (Phi) is 8.84. The summed E-state index contributed by atoms with van der Waals surface area (Å²) >= 11 is 0. The summed E-state index contributed by atoms with van der Waals surface area (Å²) in [5.74, 6) is 0.0862. The van der Waals surface area contributed by atoms with E-state index in [1.54, 1.807) is 7.11 Å². The molecule has 6 nitrogen and oxygen atoms in total. The zero-order valence-corrected chi connectivity index (χ0v) is 30.2. The minimum Gasteiger partial charge on any atom is -0.491 e. The van der Waals surface area contributed by atoms with Crippen molar-refractivity contribution in [2.24, 2.45) is 9.98 Å². The van der Waals surface area contributed by atoms with Crippen LogP contribution in [0.1, 0.15) is 22.3 Å². The van der Waals surface area contributed by atoms with Gasteiger partial charge in [0.25, 0.3) is 0 Å². The maximum Gasteiger partial charge on any atom is 0.226 e. The largest absolute Gasteiger partial charge is 0.491 e. The second-order valence-corrected chi connectivity index (χ2v) is 12.6. The van der Waals surface area contributed by atoms with Gasteiger partial charge < -0.3 is 15.0 Å². The molecule has 1 atom stereocenters. The van der Waals surface area contributed by atoms with E-state index in [0.717, 1.165) is 72.4 Å². The molecular weight excluding hydrogens is 724 g/mol. The molecule has 52 heavy (non-hydrogen) atoms. The fourth-order valence-electron chi connectivity index (χ4n) is 7.30. The molecule has 4 aliphatic rings. The predicted octanol–water partition coefficient (Wildman–Crippen LogP) is 6.67. The number of nitrogens with one attached hydrogen (secondary N) is 2. The van der Waals surface area contributed by atoms with Crippen molar-refractivity contribution < 1.29 is 30.6 Å². The quantitative estimate of drug-likeness (QED) is 0.197. The standard InChI is InChI=1S/C45H32N4O2.Mo/c1-51-45-43-41(31-20-12-5-13-21-31)37-27-25-35(48-37)39(29-16-8-3-9-17-29)33-23-22-32(46-33)38(28-14-6-2-7-15-28)34-24-26-36(47-34)40(42(49-43)44(45)50)30-18-10-4-11-19-30;/h2-27,42,46,49H,1H3;. The minimum atomic E-state index is -0.759. The third kappa shape index (κ3) is 5.71. The van der Waals surface area contributed by atoms with Crippen LogP contribution in [0.25, 0.3) is 22.3 Å². The number of fused-ring (bicyclic) bond motifs is 6. The average Bonchev–Trinajstić information content (AvgIpc) is 4.01. The second kappa shape index (κ2) is 13.9. The topological polar surface area (TPSA) is 78.8 Å². The molecular formula is C45H32MoN4O2. The predicted molar refractivity (Wildman–Crippen MR) is 204 cm³/mol. The van der Waals surface area contributed by atoms with Crippen molar-refractivity contribution in [3.05, 3.63) is 214 Å². The monoisotopic (exact) mass is 758 g/mol. The number of H-pyrrole nitrogens is 1. The second-order valence-electron chi connectivity index (χ2n) is 12.6. The molecule has 8 bridgehead atoms.